The van der Waals surface area contributed by atoms with Gasteiger partial charge in [0.15, 0.2) is 6.54 Å². The normalized spacial score (nSPS) is 11.0. The molecule has 124 valence electrons. The first-order chi connectivity index (χ1) is 11.0. The zero-order valence-corrected chi connectivity index (χ0v) is 14.5. The predicted molar refractivity (Wildman–Crippen MR) is 91.5 cm³/mol. The lowest BCUT2D eigenvalue weighted by Gasteiger charge is -2.22. The number of thiophene rings is 1. The molecule has 0 bridgehead atoms. The zero-order valence-electron chi connectivity index (χ0n) is 13.7. The molecule has 0 spiro atoms. The molecule has 23 heavy (non-hydrogen) atoms. The van der Waals surface area contributed by atoms with Crippen LogP contribution in [0.15, 0.2) is 41.8 Å². The molecule has 0 saturated carbocycles. The Morgan fingerprint density at radius 3 is 2.57 bits per heavy atom. The van der Waals surface area contributed by atoms with E-state index in [0.717, 1.165) is 17.0 Å². The highest BCUT2D eigenvalue weighted by atomic mass is 32.1. The van der Waals surface area contributed by atoms with Crippen molar-refractivity contribution in [1.29, 1.82) is 0 Å². The Bertz CT molecular complexity index is 596. The summed E-state index contributed by atoms with van der Waals surface area (Å²) in [6, 6.07) is 10.4. The lowest BCUT2D eigenvalue weighted by Crippen LogP contribution is -2.87. The summed E-state index contributed by atoms with van der Waals surface area (Å²) in [7, 11) is 0. The van der Waals surface area contributed by atoms with Gasteiger partial charge in [-0.05, 0) is 29.1 Å². The fourth-order valence-corrected chi connectivity index (χ4v) is 3.02. The van der Waals surface area contributed by atoms with E-state index < -0.39 is 0 Å². The molecule has 0 aliphatic heterocycles. The number of hydrogen-bond donors (Lipinski definition) is 1. The Balaban J connectivity index is 2.01. The average molecular weight is 335 g/mol. The van der Waals surface area contributed by atoms with Crippen molar-refractivity contribution < 1.29 is 14.5 Å². The molecule has 1 amide bonds. The van der Waals surface area contributed by atoms with E-state index in [9.17, 15) is 9.18 Å². The van der Waals surface area contributed by atoms with Gasteiger partial charge in [0.25, 0.3) is 5.91 Å². The summed E-state index contributed by atoms with van der Waals surface area (Å²) in [6.45, 7) is 6.78. The second-order valence-electron chi connectivity index (χ2n) is 6.08. The van der Waals surface area contributed by atoms with E-state index in [2.05, 4.69) is 19.2 Å². The minimum atomic E-state index is -0.254. The van der Waals surface area contributed by atoms with Crippen LogP contribution in [0.4, 0.5) is 4.39 Å². The minimum Gasteiger partial charge on any atom is -0.338 e. The molecule has 0 radical (unpaired) electrons. The molecule has 0 aliphatic carbocycles. The van der Waals surface area contributed by atoms with E-state index in [-0.39, 0.29) is 11.7 Å². The van der Waals surface area contributed by atoms with Crippen LogP contribution in [0.3, 0.4) is 0 Å². The summed E-state index contributed by atoms with van der Waals surface area (Å²) >= 11 is 1.65. The summed E-state index contributed by atoms with van der Waals surface area (Å²) in [6.07, 6.45) is 0. The summed E-state index contributed by atoms with van der Waals surface area (Å²) in [4.78, 5) is 15.5. The molecule has 1 aromatic heterocycles. The first kappa shape index (κ1) is 17.6. The van der Waals surface area contributed by atoms with E-state index >= 15 is 0 Å². The predicted octanol–water partition coefficient (Wildman–Crippen LogP) is 2.64. The van der Waals surface area contributed by atoms with Gasteiger partial charge >= 0.3 is 0 Å². The Morgan fingerprint density at radius 1 is 1.22 bits per heavy atom. The first-order valence-corrected chi connectivity index (χ1v) is 8.79. The number of amides is 1. The number of carbonyl (C=O) groups is 1. The molecule has 2 rings (SSSR count). The van der Waals surface area contributed by atoms with Gasteiger partial charge in [-0.15, -0.1) is 11.3 Å². The SMILES string of the molecule is CC(C)C[NH2+]CC(=O)N(Cc1ccc(F)cc1)Cc1cccs1. The van der Waals surface area contributed by atoms with Gasteiger partial charge in [-0.1, -0.05) is 32.0 Å². The molecule has 2 N–H and O–H groups in total. The first-order valence-electron chi connectivity index (χ1n) is 7.91. The molecule has 3 nitrogen and oxygen atoms in total. The van der Waals surface area contributed by atoms with Crippen LogP contribution in [0.2, 0.25) is 0 Å². The molecule has 1 heterocycles. The summed E-state index contributed by atoms with van der Waals surface area (Å²) in [5.74, 6) is 0.421. The maximum absolute atomic E-state index is 13.0. The van der Waals surface area contributed by atoms with Crippen molar-refractivity contribution >= 4 is 17.2 Å². The second kappa shape index (κ2) is 8.79. The molecular formula is C18H24FN2OS+. The fourth-order valence-electron chi connectivity index (χ4n) is 2.30. The summed E-state index contributed by atoms with van der Waals surface area (Å²) in [5, 5.41) is 4.07. The van der Waals surface area contributed by atoms with E-state index in [1.807, 2.05) is 22.4 Å². The molecule has 0 aliphatic rings. The molecule has 0 saturated heterocycles. The number of hydrogen-bond acceptors (Lipinski definition) is 2. The van der Waals surface area contributed by atoms with Crippen LogP contribution in [0.5, 0.6) is 0 Å². The third-order valence-corrected chi connectivity index (χ3v) is 4.38. The van der Waals surface area contributed by atoms with Crippen LogP contribution in [-0.4, -0.2) is 23.9 Å². The van der Waals surface area contributed by atoms with Crippen LogP contribution >= 0.6 is 11.3 Å². The Hall–Kier alpha value is -1.72. The van der Waals surface area contributed by atoms with Crippen molar-refractivity contribution in [2.75, 3.05) is 13.1 Å². The van der Waals surface area contributed by atoms with Crippen LogP contribution in [0, 0.1) is 11.7 Å². The number of nitrogens with zero attached hydrogens (tertiary/aromatic N) is 1. The molecule has 1 aromatic carbocycles. The van der Waals surface area contributed by atoms with Crippen molar-refractivity contribution in [2.45, 2.75) is 26.9 Å². The third-order valence-electron chi connectivity index (χ3n) is 3.52. The Kier molecular flexibility index (Phi) is 6.74. The van der Waals surface area contributed by atoms with E-state index in [4.69, 9.17) is 0 Å². The van der Waals surface area contributed by atoms with Crippen LogP contribution < -0.4 is 5.32 Å². The quantitative estimate of drug-likeness (QED) is 0.791. The van der Waals surface area contributed by atoms with Crippen LogP contribution in [0.25, 0.3) is 0 Å². The third kappa shape index (κ3) is 6.12. The molecule has 5 heteroatoms. The lowest BCUT2D eigenvalue weighted by atomic mass is 10.2. The molecule has 2 aromatic rings. The highest BCUT2D eigenvalue weighted by Crippen LogP contribution is 2.15. The topological polar surface area (TPSA) is 36.9 Å². The fraction of sp³-hybridized carbons (Fsp3) is 0.389. The zero-order chi connectivity index (χ0) is 16.7. The molecule has 0 atom stereocenters. The van der Waals surface area contributed by atoms with E-state index in [1.165, 1.54) is 12.1 Å². The van der Waals surface area contributed by atoms with Crippen molar-refractivity contribution in [3.05, 3.63) is 58.0 Å². The van der Waals surface area contributed by atoms with Crippen LogP contribution in [0.1, 0.15) is 24.3 Å². The minimum absolute atomic E-state index is 0.114. The monoisotopic (exact) mass is 335 g/mol. The number of halogens is 1. The van der Waals surface area contributed by atoms with Gasteiger partial charge in [0.05, 0.1) is 13.1 Å². The largest absolute Gasteiger partial charge is 0.338 e. The molecule has 0 fully saturated rings. The molecule has 0 unspecified atom stereocenters. The maximum atomic E-state index is 13.0. The van der Waals surface area contributed by atoms with Crippen molar-refractivity contribution in [3.63, 3.8) is 0 Å². The number of nitrogens with two attached hydrogens (primary N) is 1. The average Bonchev–Trinajstić information content (AvgIpc) is 3.01. The van der Waals surface area contributed by atoms with Gasteiger partial charge in [0, 0.05) is 17.3 Å². The Labute approximate surface area is 141 Å². The van der Waals surface area contributed by atoms with Gasteiger partial charge in [-0.2, -0.15) is 0 Å². The van der Waals surface area contributed by atoms with Crippen molar-refractivity contribution in [3.8, 4) is 0 Å². The highest BCUT2D eigenvalue weighted by molar-refractivity contribution is 7.09. The van der Waals surface area contributed by atoms with Gasteiger partial charge in [-0.3, -0.25) is 4.79 Å². The number of quaternary nitrogens is 1. The molecular weight excluding hydrogens is 311 g/mol. The van der Waals surface area contributed by atoms with Gasteiger partial charge in [0.2, 0.25) is 0 Å². The second-order valence-corrected chi connectivity index (χ2v) is 7.11. The smallest absolute Gasteiger partial charge is 0.278 e. The lowest BCUT2D eigenvalue weighted by molar-refractivity contribution is -0.649. The maximum Gasteiger partial charge on any atom is 0.278 e. The standard InChI is InChI=1S/C18H23FN2OS/c1-14(2)10-20-11-18(22)21(13-17-4-3-9-23-17)12-15-5-7-16(19)8-6-15/h3-9,14,20H,10-13H2,1-2H3/p+1. The van der Waals surface area contributed by atoms with Crippen molar-refractivity contribution in [1.82, 2.24) is 4.90 Å². The van der Waals surface area contributed by atoms with Gasteiger partial charge in [-0.25, -0.2) is 4.39 Å². The van der Waals surface area contributed by atoms with Crippen LogP contribution in [-0.2, 0) is 17.9 Å². The number of carbonyl (C=O) groups excluding carboxylic acids is 1. The van der Waals surface area contributed by atoms with Crippen molar-refractivity contribution in [2.24, 2.45) is 5.92 Å². The number of rotatable bonds is 8. The number of benzene rings is 1. The Morgan fingerprint density at radius 2 is 1.96 bits per heavy atom. The highest BCUT2D eigenvalue weighted by Gasteiger charge is 2.17. The summed E-state index contributed by atoms with van der Waals surface area (Å²) < 4.78 is 13.0. The van der Waals surface area contributed by atoms with E-state index in [1.54, 1.807) is 23.5 Å². The van der Waals surface area contributed by atoms with Gasteiger partial charge < -0.3 is 10.2 Å². The summed E-state index contributed by atoms with van der Waals surface area (Å²) in [5.41, 5.74) is 0.945. The van der Waals surface area contributed by atoms with E-state index in [0.29, 0.717) is 25.6 Å². The van der Waals surface area contributed by atoms with Gasteiger partial charge in [0.1, 0.15) is 5.82 Å².